The molecule has 22 heavy (non-hydrogen) atoms. The van der Waals surface area contributed by atoms with Gasteiger partial charge in [-0.1, -0.05) is 34.1 Å². The van der Waals surface area contributed by atoms with Crippen molar-refractivity contribution in [2.24, 2.45) is 0 Å². The zero-order valence-corrected chi connectivity index (χ0v) is 14.0. The van der Waals surface area contributed by atoms with Crippen molar-refractivity contribution in [2.75, 3.05) is 7.11 Å². The SMILES string of the molecule is COc1cccc(C(=O)N(Cc2cccc(Br)c2)C2CC2)c1. The third kappa shape index (κ3) is 3.50. The first-order valence-corrected chi connectivity index (χ1v) is 8.16. The molecule has 0 heterocycles. The topological polar surface area (TPSA) is 29.5 Å². The summed E-state index contributed by atoms with van der Waals surface area (Å²) >= 11 is 3.49. The Labute approximate surface area is 139 Å². The predicted molar refractivity (Wildman–Crippen MR) is 90.0 cm³/mol. The van der Waals surface area contributed by atoms with Gasteiger partial charge in [-0.05, 0) is 48.7 Å². The summed E-state index contributed by atoms with van der Waals surface area (Å²) in [5.41, 5.74) is 1.82. The Balaban J connectivity index is 1.82. The van der Waals surface area contributed by atoms with Crippen LogP contribution in [0.1, 0.15) is 28.8 Å². The molecular weight excluding hydrogens is 342 g/mol. The number of amides is 1. The summed E-state index contributed by atoms with van der Waals surface area (Å²) in [6.07, 6.45) is 2.17. The summed E-state index contributed by atoms with van der Waals surface area (Å²) < 4.78 is 6.25. The molecular formula is C18H18BrNO2. The van der Waals surface area contributed by atoms with Gasteiger partial charge in [0.25, 0.3) is 5.91 Å². The molecule has 0 radical (unpaired) electrons. The second-order valence-electron chi connectivity index (χ2n) is 5.53. The maximum atomic E-state index is 12.8. The highest BCUT2D eigenvalue weighted by Crippen LogP contribution is 2.30. The van der Waals surface area contributed by atoms with E-state index < -0.39 is 0 Å². The molecule has 2 aromatic rings. The molecule has 1 saturated carbocycles. The molecule has 1 aliphatic carbocycles. The highest BCUT2D eigenvalue weighted by Gasteiger charge is 2.33. The van der Waals surface area contributed by atoms with E-state index in [4.69, 9.17) is 4.74 Å². The second kappa shape index (κ2) is 6.53. The number of hydrogen-bond acceptors (Lipinski definition) is 2. The molecule has 2 aromatic carbocycles. The van der Waals surface area contributed by atoms with Gasteiger partial charge in [0.2, 0.25) is 0 Å². The molecule has 0 N–H and O–H groups in total. The monoisotopic (exact) mass is 359 g/mol. The number of ether oxygens (including phenoxy) is 1. The highest BCUT2D eigenvalue weighted by molar-refractivity contribution is 9.10. The first-order valence-electron chi connectivity index (χ1n) is 7.37. The predicted octanol–water partition coefficient (Wildman–Crippen LogP) is 4.26. The normalized spacial score (nSPS) is 13.7. The number of rotatable bonds is 5. The van der Waals surface area contributed by atoms with E-state index in [-0.39, 0.29) is 5.91 Å². The molecule has 1 fully saturated rings. The number of halogens is 1. The number of benzene rings is 2. The molecule has 1 aliphatic rings. The van der Waals surface area contributed by atoms with Crippen LogP contribution in [0.4, 0.5) is 0 Å². The Hall–Kier alpha value is -1.81. The van der Waals surface area contributed by atoms with E-state index >= 15 is 0 Å². The van der Waals surface area contributed by atoms with Crippen molar-refractivity contribution in [2.45, 2.75) is 25.4 Å². The molecule has 0 saturated heterocycles. The van der Waals surface area contributed by atoms with E-state index in [1.807, 2.05) is 35.2 Å². The first-order chi connectivity index (χ1) is 10.7. The van der Waals surface area contributed by atoms with E-state index in [1.54, 1.807) is 13.2 Å². The fraction of sp³-hybridized carbons (Fsp3) is 0.278. The molecule has 114 valence electrons. The maximum absolute atomic E-state index is 12.8. The lowest BCUT2D eigenvalue weighted by molar-refractivity contribution is 0.0729. The number of carbonyl (C=O) groups is 1. The summed E-state index contributed by atoms with van der Waals surface area (Å²) in [6, 6.07) is 15.8. The lowest BCUT2D eigenvalue weighted by Crippen LogP contribution is -2.32. The average molecular weight is 360 g/mol. The van der Waals surface area contributed by atoms with Gasteiger partial charge in [-0.15, -0.1) is 0 Å². The van der Waals surface area contributed by atoms with Gasteiger partial charge in [0.15, 0.2) is 0 Å². The number of carbonyl (C=O) groups excluding carboxylic acids is 1. The summed E-state index contributed by atoms with van der Waals surface area (Å²) in [7, 11) is 1.61. The molecule has 0 aliphatic heterocycles. The van der Waals surface area contributed by atoms with Gasteiger partial charge in [0.05, 0.1) is 7.11 Å². The molecule has 0 unspecified atom stereocenters. The van der Waals surface area contributed by atoms with Gasteiger partial charge in [-0.2, -0.15) is 0 Å². The quantitative estimate of drug-likeness (QED) is 0.797. The van der Waals surface area contributed by atoms with E-state index in [9.17, 15) is 4.79 Å². The van der Waals surface area contributed by atoms with Crippen molar-refractivity contribution in [1.29, 1.82) is 0 Å². The largest absolute Gasteiger partial charge is 0.497 e. The molecule has 4 heteroatoms. The summed E-state index contributed by atoms with van der Waals surface area (Å²) in [4.78, 5) is 14.8. The van der Waals surface area contributed by atoms with Crippen LogP contribution in [0, 0.1) is 0 Å². The number of hydrogen-bond donors (Lipinski definition) is 0. The van der Waals surface area contributed by atoms with Gasteiger partial charge in [0, 0.05) is 22.6 Å². The molecule has 3 rings (SSSR count). The Morgan fingerprint density at radius 3 is 2.68 bits per heavy atom. The Morgan fingerprint density at radius 2 is 2.00 bits per heavy atom. The van der Waals surface area contributed by atoms with Crippen molar-refractivity contribution in [3.63, 3.8) is 0 Å². The molecule has 3 nitrogen and oxygen atoms in total. The standard InChI is InChI=1S/C18H18BrNO2/c1-22-17-7-3-5-14(11-17)18(21)20(16-8-9-16)12-13-4-2-6-15(19)10-13/h2-7,10-11,16H,8-9,12H2,1H3. The van der Waals surface area contributed by atoms with Gasteiger partial charge in [0.1, 0.15) is 5.75 Å². The van der Waals surface area contributed by atoms with Crippen molar-refractivity contribution in [3.8, 4) is 5.75 Å². The van der Waals surface area contributed by atoms with Crippen LogP contribution in [0.3, 0.4) is 0 Å². The minimum atomic E-state index is 0.0707. The fourth-order valence-electron chi connectivity index (χ4n) is 2.51. The highest BCUT2D eigenvalue weighted by atomic mass is 79.9. The molecule has 0 atom stereocenters. The van der Waals surface area contributed by atoms with Crippen LogP contribution in [0.25, 0.3) is 0 Å². The Bertz CT molecular complexity index is 682. The van der Waals surface area contributed by atoms with Crippen molar-refractivity contribution in [1.82, 2.24) is 4.90 Å². The first kappa shape index (κ1) is 15.1. The van der Waals surface area contributed by atoms with Gasteiger partial charge in [-0.3, -0.25) is 4.79 Å². The summed E-state index contributed by atoms with van der Waals surface area (Å²) in [5.74, 6) is 0.783. The average Bonchev–Trinajstić information content (AvgIpc) is 3.37. The van der Waals surface area contributed by atoms with E-state index in [1.165, 1.54) is 0 Å². The number of methoxy groups -OCH3 is 1. The fourth-order valence-corrected chi connectivity index (χ4v) is 2.95. The van der Waals surface area contributed by atoms with Crippen molar-refractivity contribution >= 4 is 21.8 Å². The maximum Gasteiger partial charge on any atom is 0.254 e. The smallest absolute Gasteiger partial charge is 0.254 e. The summed E-state index contributed by atoms with van der Waals surface area (Å²) in [6.45, 7) is 0.639. The Morgan fingerprint density at radius 1 is 1.23 bits per heavy atom. The van der Waals surface area contributed by atoms with Gasteiger partial charge in [-0.25, -0.2) is 0 Å². The molecule has 0 aromatic heterocycles. The van der Waals surface area contributed by atoms with Crippen LogP contribution >= 0.6 is 15.9 Å². The van der Waals surface area contributed by atoms with Crippen LogP contribution in [-0.2, 0) is 6.54 Å². The van der Waals surface area contributed by atoms with Crippen LogP contribution < -0.4 is 4.74 Å². The lowest BCUT2D eigenvalue weighted by Gasteiger charge is -2.23. The van der Waals surface area contributed by atoms with E-state index in [0.717, 1.165) is 22.9 Å². The Kier molecular flexibility index (Phi) is 4.48. The van der Waals surface area contributed by atoms with E-state index in [2.05, 4.69) is 28.1 Å². The third-order valence-electron chi connectivity index (χ3n) is 3.81. The molecule has 1 amide bonds. The van der Waals surface area contributed by atoms with Crippen LogP contribution in [-0.4, -0.2) is 24.0 Å². The van der Waals surface area contributed by atoms with Crippen LogP contribution in [0.2, 0.25) is 0 Å². The minimum Gasteiger partial charge on any atom is -0.497 e. The minimum absolute atomic E-state index is 0.0707. The lowest BCUT2D eigenvalue weighted by atomic mass is 10.1. The van der Waals surface area contributed by atoms with Gasteiger partial charge < -0.3 is 9.64 Å². The zero-order valence-electron chi connectivity index (χ0n) is 12.5. The van der Waals surface area contributed by atoms with E-state index in [0.29, 0.717) is 23.9 Å². The van der Waals surface area contributed by atoms with Crippen LogP contribution in [0.15, 0.2) is 53.0 Å². The molecule has 0 bridgehead atoms. The second-order valence-corrected chi connectivity index (χ2v) is 6.44. The number of nitrogens with zero attached hydrogens (tertiary/aromatic N) is 1. The van der Waals surface area contributed by atoms with Crippen molar-refractivity contribution < 1.29 is 9.53 Å². The third-order valence-corrected chi connectivity index (χ3v) is 4.30. The molecule has 0 spiro atoms. The zero-order chi connectivity index (χ0) is 15.5. The summed E-state index contributed by atoms with van der Waals surface area (Å²) in [5, 5.41) is 0. The van der Waals surface area contributed by atoms with Crippen LogP contribution in [0.5, 0.6) is 5.75 Å². The van der Waals surface area contributed by atoms with Gasteiger partial charge >= 0.3 is 0 Å². The van der Waals surface area contributed by atoms with Crippen molar-refractivity contribution in [3.05, 3.63) is 64.1 Å².